The Kier molecular flexibility index (Phi) is 6.53. The van der Waals surface area contributed by atoms with Crippen molar-refractivity contribution < 1.29 is 23.1 Å². The Hall–Kier alpha value is -3.94. The SMILES string of the molecule is COc1cccc(C(=O)Nc2ccccc2N2CCCN(Cc3ccc(F)c(F)c3)C2=O)c1. The van der Waals surface area contributed by atoms with Crippen LogP contribution in [-0.2, 0) is 6.54 Å². The zero-order valence-electron chi connectivity index (χ0n) is 18.1. The number of benzene rings is 3. The fourth-order valence-electron chi connectivity index (χ4n) is 3.78. The number of methoxy groups -OCH3 is 1. The molecule has 33 heavy (non-hydrogen) atoms. The summed E-state index contributed by atoms with van der Waals surface area (Å²) in [5.74, 6) is -1.63. The molecule has 0 saturated carbocycles. The number of carbonyl (C=O) groups excluding carboxylic acids is 2. The molecule has 3 aromatic rings. The van der Waals surface area contributed by atoms with Crippen LogP contribution in [-0.4, -0.2) is 37.0 Å². The van der Waals surface area contributed by atoms with E-state index in [4.69, 9.17) is 4.74 Å². The van der Waals surface area contributed by atoms with Gasteiger partial charge < -0.3 is 15.0 Å². The lowest BCUT2D eigenvalue weighted by Crippen LogP contribution is -2.49. The number of halogens is 2. The molecule has 6 nitrogen and oxygen atoms in total. The van der Waals surface area contributed by atoms with Crippen molar-refractivity contribution in [3.63, 3.8) is 0 Å². The van der Waals surface area contributed by atoms with Gasteiger partial charge in [-0.05, 0) is 54.4 Å². The third-order valence-corrected chi connectivity index (χ3v) is 5.44. The van der Waals surface area contributed by atoms with Gasteiger partial charge in [0.05, 0.1) is 18.5 Å². The van der Waals surface area contributed by atoms with Crippen molar-refractivity contribution in [1.29, 1.82) is 0 Å². The fraction of sp³-hybridized carbons (Fsp3) is 0.200. The number of ether oxygens (including phenoxy) is 1. The molecule has 0 spiro atoms. The normalized spacial score (nSPS) is 13.7. The van der Waals surface area contributed by atoms with Gasteiger partial charge in [0.1, 0.15) is 5.75 Å². The fourth-order valence-corrected chi connectivity index (χ4v) is 3.78. The second-order valence-corrected chi connectivity index (χ2v) is 7.66. The average molecular weight is 451 g/mol. The summed E-state index contributed by atoms with van der Waals surface area (Å²) in [6.07, 6.45) is 0.688. The minimum atomic E-state index is -0.945. The van der Waals surface area contributed by atoms with Crippen molar-refractivity contribution in [2.24, 2.45) is 0 Å². The Balaban J connectivity index is 1.54. The van der Waals surface area contributed by atoms with Crippen LogP contribution in [0.2, 0.25) is 0 Å². The van der Waals surface area contributed by atoms with E-state index < -0.39 is 11.6 Å². The molecule has 0 aromatic heterocycles. The summed E-state index contributed by atoms with van der Waals surface area (Å²) in [5.41, 5.74) is 1.99. The van der Waals surface area contributed by atoms with Gasteiger partial charge in [0, 0.05) is 25.2 Å². The molecule has 8 heteroatoms. The van der Waals surface area contributed by atoms with Crippen LogP contribution in [0.1, 0.15) is 22.3 Å². The van der Waals surface area contributed by atoms with Gasteiger partial charge in [-0.25, -0.2) is 13.6 Å². The maximum atomic E-state index is 13.6. The highest BCUT2D eigenvalue weighted by Crippen LogP contribution is 2.30. The molecule has 3 amide bonds. The molecule has 1 aliphatic rings. The first-order chi connectivity index (χ1) is 16.0. The lowest BCUT2D eigenvalue weighted by molar-refractivity contribution is 0.102. The summed E-state index contributed by atoms with van der Waals surface area (Å²) in [5, 5.41) is 2.88. The molecule has 4 rings (SSSR count). The molecular formula is C25H23F2N3O3. The predicted molar refractivity (Wildman–Crippen MR) is 122 cm³/mol. The van der Waals surface area contributed by atoms with E-state index in [-0.39, 0.29) is 18.5 Å². The maximum Gasteiger partial charge on any atom is 0.324 e. The van der Waals surface area contributed by atoms with Crippen molar-refractivity contribution in [1.82, 2.24) is 4.90 Å². The van der Waals surface area contributed by atoms with Crippen LogP contribution in [0.25, 0.3) is 0 Å². The van der Waals surface area contributed by atoms with Crippen molar-refractivity contribution in [2.75, 3.05) is 30.4 Å². The maximum absolute atomic E-state index is 13.6. The van der Waals surface area contributed by atoms with E-state index in [1.54, 1.807) is 58.3 Å². The molecule has 0 atom stereocenters. The predicted octanol–water partition coefficient (Wildman–Crippen LogP) is 5.06. The second kappa shape index (κ2) is 9.68. The van der Waals surface area contributed by atoms with Gasteiger partial charge in [0.25, 0.3) is 5.91 Å². The number of amides is 3. The van der Waals surface area contributed by atoms with Crippen LogP contribution in [0, 0.1) is 11.6 Å². The molecule has 0 bridgehead atoms. The molecule has 1 saturated heterocycles. The zero-order valence-corrected chi connectivity index (χ0v) is 18.1. The molecule has 0 unspecified atom stereocenters. The molecule has 3 aromatic carbocycles. The Bertz CT molecular complexity index is 1190. The van der Waals surface area contributed by atoms with E-state index in [2.05, 4.69) is 5.32 Å². The van der Waals surface area contributed by atoms with Gasteiger partial charge in [-0.15, -0.1) is 0 Å². The van der Waals surface area contributed by atoms with Crippen LogP contribution in [0.5, 0.6) is 5.75 Å². The lowest BCUT2D eigenvalue weighted by atomic mass is 10.1. The van der Waals surface area contributed by atoms with Crippen LogP contribution >= 0.6 is 0 Å². The monoisotopic (exact) mass is 451 g/mol. The van der Waals surface area contributed by atoms with E-state index in [0.29, 0.717) is 47.8 Å². The summed E-state index contributed by atoms with van der Waals surface area (Å²) >= 11 is 0. The quantitative estimate of drug-likeness (QED) is 0.570. The zero-order chi connectivity index (χ0) is 23.4. The Morgan fingerprint density at radius 3 is 2.61 bits per heavy atom. The van der Waals surface area contributed by atoms with E-state index in [9.17, 15) is 18.4 Å². The van der Waals surface area contributed by atoms with Crippen LogP contribution < -0.4 is 15.0 Å². The van der Waals surface area contributed by atoms with E-state index in [0.717, 1.165) is 12.1 Å². The number of nitrogens with zero attached hydrogens (tertiary/aromatic N) is 2. The molecule has 1 fully saturated rings. The highest BCUT2D eigenvalue weighted by Gasteiger charge is 2.28. The first kappa shape index (κ1) is 22.3. The van der Waals surface area contributed by atoms with E-state index in [1.807, 2.05) is 0 Å². The number of rotatable bonds is 6. The molecular weight excluding hydrogens is 428 g/mol. The average Bonchev–Trinajstić information content (AvgIpc) is 2.83. The first-order valence-corrected chi connectivity index (χ1v) is 10.5. The lowest BCUT2D eigenvalue weighted by Gasteiger charge is -2.36. The summed E-state index contributed by atoms with van der Waals surface area (Å²) in [6.45, 7) is 1.12. The van der Waals surface area contributed by atoms with E-state index >= 15 is 0 Å². The standard InChI is InChI=1S/C25H23F2N3O3/c1-33-19-7-4-6-18(15-19)24(31)28-22-8-2-3-9-23(22)30-13-5-12-29(25(30)32)16-17-10-11-20(26)21(27)14-17/h2-4,6-11,14-15H,5,12-13,16H2,1H3,(H,28,31). The Morgan fingerprint density at radius 1 is 1.00 bits per heavy atom. The van der Waals surface area contributed by atoms with Crippen molar-refractivity contribution in [3.8, 4) is 5.75 Å². The summed E-state index contributed by atoms with van der Waals surface area (Å²) in [4.78, 5) is 29.2. The minimum absolute atomic E-state index is 0.158. The van der Waals surface area contributed by atoms with Gasteiger partial charge in [-0.3, -0.25) is 9.69 Å². The second-order valence-electron chi connectivity index (χ2n) is 7.66. The third-order valence-electron chi connectivity index (χ3n) is 5.44. The molecule has 0 aliphatic carbocycles. The summed E-state index contributed by atoms with van der Waals surface area (Å²) < 4.78 is 32.0. The third kappa shape index (κ3) is 4.95. The minimum Gasteiger partial charge on any atom is -0.497 e. The Morgan fingerprint density at radius 2 is 1.82 bits per heavy atom. The molecule has 1 N–H and O–H groups in total. The number of para-hydroxylation sites is 2. The summed E-state index contributed by atoms with van der Waals surface area (Å²) in [7, 11) is 1.53. The molecule has 1 heterocycles. The van der Waals surface area contributed by atoms with Gasteiger partial charge in [-0.1, -0.05) is 24.3 Å². The van der Waals surface area contributed by atoms with Gasteiger partial charge >= 0.3 is 6.03 Å². The smallest absolute Gasteiger partial charge is 0.324 e. The van der Waals surface area contributed by atoms with Gasteiger partial charge in [0.2, 0.25) is 0 Å². The van der Waals surface area contributed by atoms with Crippen molar-refractivity contribution >= 4 is 23.3 Å². The number of carbonyl (C=O) groups is 2. The van der Waals surface area contributed by atoms with E-state index in [1.165, 1.54) is 13.2 Å². The van der Waals surface area contributed by atoms with Crippen LogP contribution in [0.4, 0.5) is 25.0 Å². The largest absolute Gasteiger partial charge is 0.497 e. The van der Waals surface area contributed by atoms with Crippen molar-refractivity contribution in [3.05, 3.63) is 89.5 Å². The van der Waals surface area contributed by atoms with Gasteiger partial charge in [0.15, 0.2) is 11.6 Å². The summed E-state index contributed by atoms with van der Waals surface area (Å²) in [6, 6.07) is 17.2. The highest BCUT2D eigenvalue weighted by molar-refractivity contribution is 6.07. The Labute approximate surface area is 190 Å². The molecule has 0 radical (unpaired) electrons. The topological polar surface area (TPSA) is 61.9 Å². The van der Waals surface area contributed by atoms with Gasteiger partial charge in [-0.2, -0.15) is 0 Å². The first-order valence-electron chi connectivity index (χ1n) is 10.5. The molecule has 170 valence electrons. The van der Waals surface area contributed by atoms with Crippen LogP contribution in [0.15, 0.2) is 66.7 Å². The number of hydrogen-bond donors (Lipinski definition) is 1. The van der Waals surface area contributed by atoms with Crippen molar-refractivity contribution in [2.45, 2.75) is 13.0 Å². The number of hydrogen-bond acceptors (Lipinski definition) is 3. The van der Waals surface area contributed by atoms with Crippen LogP contribution in [0.3, 0.4) is 0 Å². The number of nitrogens with one attached hydrogen (secondary N) is 1. The number of anilines is 2. The number of urea groups is 1. The highest BCUT2D eigenvalue weighted by atomic mass is 19.2. The molecule has 1 aliphatic heterocycles.